The van der Waals surface area contributed by atoms with E-state index in [9.17, 15) is 9.59 Å². The van der Waals surface area contributed by atoms with Gasteiger partial charge in [0.05, 0.1) is 10.9 Å². The zero-order valence-corrected chi connectivity index (χ0v) is 16.3. The number of rotatable bonds is 8. The molecule has 1 N–H and O–H groups in total. The number of hydrogen-bond donors (Lipinski definition) is 1. The number of allylic oxidation sites excluding steroid dienone is 3. The third-order valence-corrected chi connectivity index (χ3v) is 5.23. The number of H-pyrrole nitrogens is 1. The predicted octanol–water partition coefficient (Wildman–Crippen LogP) is 2.34. The molecule has 28 heavy (non-hydrogen) atoms. The van der Waals surface area contributed by atoms with Crippen LogP contribution in [0.5, 0.6) is 0 Å². The first-order chi connectivity index (χ1) is 13.6. The molecule has 1 aliphatic rings. The summed E-state index contributed by atoms with van der Waals surface area (Å²) in [5.74, 6) is 0. The van der Waals surface area contributed by atoms with Crippen molar-refractivity contribution < 1.29 is 0 Å². The Labute approximate surface area is 165 Å². The zero-order chi connectivity index (χ0) is 19.9. The van der Waals surface area contributed by atoms with Crippen LogP contribution in [0.3, 0.4) is 0 Å². The van der Waals surface area contributed by atoms with Gasteiger partial charge >= 0.3 is 5.69 Å². The summed E-state index contributed by atoms with van der Waals surface area (Å²) < 4.78 is 1.32. The van der Waals surface area contributed by atoms with E-state index in [4.69, 9.17) is 0 Å². The van der Waals surface area contributed by atoms with Gasteiger partial charge in [0.15, 0.2) is 0 Å². The normalized spacial score (nSPS) is 15.7. The van der Waals surface area contributed by atoms with Gasteiger partial charge in [-0.1, -0.05) is 31.4 Å². The van der Waals surface area contributed by atoms with Gasteiger partial charge in [0, 0.05) is 38.4 Å². The maximum Gasteiger partial charge on any atom is 0.328 e. The van der Waals surface area contributed by atoms with E-state index in [1.165, 1.54) is 4.57 Å². The molecule has 0 radical (unpaired) electrons. The van der Waals surface area contributed by atoms with Crippen molar-refractivity contribution in [3.05, 3.63) is 82.2 Å². The van der Waals surface area contributed by atoms with Crippen LogP contribution in [0.4, 0.5) is 0 Å². The van der Waals surface area contributed by atoms with E-state index < -0.39 is 0 Å². The van der Waals surface area contributed by atoms with Crippen molar-refractivity contribution in [2.24, 2.45) is 0 Å². The average molecular weight is 380 g/mol. The summed E-state index contributed by atoms with van der Waals surface area (Å²) in [6, 6.07) is 7.13. The second kappa shape index (κ2) is 9.37. The molecule has 6 nitrogen and oxygen atoms in total. The monoisotopic (exact) mass is 380 g/mol. The summed E-state index contributed by atoms with van der Waals surface area (Å²) >= 11 is 0. The molecule has 0 spiro atoms. The quantitative estimate of drug-likeness (QED) is 0.564. The highest BCUT2D eigenvalue weighted by Crippen LogP contribution is 2.11. The van der Waals surface area contributed by atoms with E-state index in [0.717, 1.165) is 51.3 Å². The summed E-state index contributed by atoms with van der Waals surface area (Å²) in [6.45, 7) is 13.0. The molecule has 1 aromatic heterocycles. The van der Waals surface area contributed by atoms with Crippen molar-refractivity contribution in [3.8, 4) is 0 Å². The first-order valence-corrected chi connectivity index (χ1v) is 9.78. The second-order valence-electron chi connectivity index (χ2n) is 7.00. The number of hydrogen-bond acceptors (Lipinski definition) is 4. The average Bonchev–Trinajstić information content (AvgIpc) is 2.72. The van der Waals surface area contributed by atoms with Gasteiger partial charge in [-0.2, -0.15) is 0 Å². The lowest BCUT2D eigenvalue weighted by Gasteiger charge is -2.36. The maximum absolute atomic E-state index is 12.5. The highest BCUT2D eigenvalue weighted by Gasteiger charge is 2.17. The third kappa shape index (κ3) is 4.51. The van der Waals surface area contributed by atoms with Crippen molar-refractivity contribution in [3.63, 3.8) is 0 Å². The molecule has 1 fully saturated rings. The molecule has 1 aromatic carbocycles. The molecule has 0 saturated carbocycles. The van der Waals surface area contributed by atoms with Gasteiger partial charge < -0.3 is 9.88 Å². The Morgan fingerprint density at radius 2 is 1.75 bits per heavy atom. The number of unbranched alkanes of at least 4 members (excludes halogenated alkanes) is 1. The van der Waals surface area contributed by atoms with Crippen LogP contribution in [0, 0.1) is 0 Å². The highest BCUT2D eigenvalue weighted by molar-refractivity contribution is 5.76. The molecular weight excluding hydrogens is 352 g/mol. The van der Waals surface area contributed by atoms with Crippen LogP contribution >= 0.6 is 0 Å². The minimum Gasteiger partial charge on any atom is -0.369 e. The van der Waals surface area contributed by atoms with Crippen molar-refractivity contribution in [1.82, 2.24) is 19.4 Å². The van der Waals surface area contributed by atoms with Crippen LogP contribution in [-0.4, -0.2) is 52.1 Å². The molecular formula is C22H28N4O2. The number of para-hydroxylation sites is 1. The van der Waals surface area contributed by atoms with Crippen LogP contribution in [0.1, 0.15) is 12.8 Å². The van der Waals surface area contributed by atoms with Crippen molar-refractivity contribution >= 4 is 10.9 Å². The first-order valence-electron chi connectivity index (χ1n) is 9.78. The topological polar surface area (TPSA) is 61.3 Å². The molecule has 0 aliphatic carbocycles. The van der Waals surface area contributed by atoms with Gasteiger partial charge in [0.2, 0.25) is 0 Å². The van der Waals surface area contributed by atoms with Gasteiger partial charge in [0.25, 0.3) is 5.56 Å². The zero-order valence-electron chi connectivity index (χ0n) is 16.3. The lowest BCUT2D eigenvalue weighted by Crippen LogP contribution is -2.45. The maximum atomic E-state index is 12.5. The highest BCUT2D eigenvalue weighted by atomic mass is 16.2. The van der Waals surface area contributed by atoms with Gasteiger partial charge in [-0.3, -0.25) is 14.3 Å². The van der Waals surface area contributed by atoms with E-state index in [1.54, 1.807) is 18.2 Å². The largest absolute Gasteiger partial charge is 0.369 e. The standard InChI is InChI=1S/C22H28N4O2/c1-3-9-18(4-2)25-16-14-24(15-17-25)12-7-8-13-26-21(27)19-10-5-6-11-20(19)23-22(26)28/h3-6,9-11H,1-2,7-8,12-17H2,(H,23,28)/b18-9+. The number of fused-ring (bicyclic) bond motifs is 1. The Bertz CT molecular complexity index is 978. The molecule has 0 unspecified atom stereocenters. The van der Waals surface area contributed by atoms with Crippen molar-refractivity contribution in [2.45, 2.75) is 19.4 Å². The smallest absolute Gasteiger partial charge is 0.328 e. The predicted molar refractivity (Wildman–Crippen MR) is 115 cm³/mol. The van der Waals surface area contributed by atoms with Gasteiger partial charge in [-0.15, -0.1) is 0 Å². The summed E-state index contributed by atoms with van der Waals surface area (Å²) in [5, 5.41) is 0.559. The third-order valence-electron chi connectivity index (χ3n) is 5.23. The Morgan fingerprint density at radius 3 is 2.46 bits per heavy atom. The fourth-order valence-electron chi connectivity index (χ4n) is 3.66. The summed E-state index contributed by atoms with van der Waals surface area (Å²) in [6.07, 6.45) is 7.41. The summed E-state index contributed by atoms with van der Waals surface area (Å²) in [4.78, 5) is 32.3. The molecule has 0 bridgehead atoms. The molecule has 0 amide bonds. The van der Waals surface area contributed by atoms with Crippen LogP contribution in [-0.2, 0) is 6.54 Å². The molecule has 6 heteroatoms. The van der Waals surface area contributed by atoms with E-state index in [0.29, 0.717) is 17.4 Å². The Hall–Kier alpha value is -2.86. The minimum atomic E-state index is -0.330. The van der Waals surface area contributed by atoms with E-state index in [1.807, 2.05) is 24.3 Å². The van der Waals surface area contributed by atoms with Crippen molar-refractivity contribution in [1.29, 1.82) is 0 Å². The number of aromatic nitrogens is 2. The summed E-state index contributed by atoms with van der Waals surface area (Å²) in [7, 11) is 0. The Morgan fingerprint density at radius 1 is 1.04 bits per heavy atom. The molecule has 3 rings (SSSR count). The molecule has 0 atom stereocenters. The van der Waals surface area contributed by atoms with Crippen LogP contribution in [0.15, 0.2) is 70.9 Å². The number of nitrogens with zero attached hydrogens (tertiary/aromatic N) is 3. The van der Waals surface area contributed by atoms with Crippen molar-refractivity contribution in [2.75, 3.05) is 32.7 Å². The second-order valence-corrected chi connectivity index (χ2v) is 7.00. The minimum absolute atomic E-state index is 0.209. The molecule has 2 heterocycles. The number of piperazine rings is 1. The van der Waals surface area contributed by atoms with Gasteiger partial charge in [-0.05, 0) is 43.7 Å². The van der Waals surface area contributed by atoms with Crippen LogP contribution < -0.4 is 11.2 Å². The Kier molecular flexibility index (Phi) is 6.66. The van der Waals surface area contributed by atoms with E-state index in [-0.39, 0.29) is 11.2 Å². The SMILES string of the molecule is C=C/C=C(\C=C)N1CCN(CCCCn2c(=O)[nH]c3ccccc3c2=O)CC1. The van der Waals surface area contributed by atoms with Crippen LogP contribution in [0.25, 0.3) is 10.9 Å². The fraction of sp³-hybridized carbons (Fsp3) is 0.364. The molecule has 2 aromatic rings. The lowest BCUT2D eigenvalue weighted by atomic mass is 10.2. The summed E-state index contributed by atoms with van der Waals surface area (Å²) in [5.41, 5.74) is 1.17. The van der Waals surface area contributed by atoms with E-state index in [2.05, 4.69) is 27.9 Å². The molecule has 1 saturated heterocycles. The van der Waals surface area contributed by atoms with E-state index >= 15 is 0 Å². The fourth-order valence-corrected chi connectivity index (χ4v) is 3.66. The van der Waals surface area contributed by atoms with Gasteiger partial charge in [0.1, 0.15) is 0 Å². The molecule has 1 aliphatic heterocycles. The lowest BCUT2D eigenvalue weighted by molar-refractivity contribution is 0.159. The number of aromatic amines is 1. The molecule has 148 valence electrons. The van der Waals surface area contributed by atoms with Gasteiger partial charge in [-0.25, -0.2) is 4.79 Å². The number of nitrogens with one attached hydrogen (secondary N) is 1. The number of benzene rings is 1. The Balaban J connectivity index is 1.50. The first kappa shape index (κ1) is 19.9. The van der Waals surface area contributed by atoms with Crippen LogP contribution in [0.2, 0.25) is 0 Å².